The van der Waals surface area contributed by atoms with Gasteiger partial charge in [-0.3, -0.25) is 4.98 Å². The first kappa shape index (κ1) is 21.9. The second kappa shape index (κ2) is 9.54. The zero-order valence-electron chi connectivity index (χ0n) is 19.7. The van der Waals surface area contributed by atoms with Gasteiger partial charge in [0.25, 0.3) is 0 Å². The second-order valence-corrected chi connectivity index (χ2v) is 9.14. The summed E-state index contributed by atoms with van der Waals surface area (Å²) in [6.07, 6.45) is 12.0. The third-order valence-electron chi connectivity index (χ3n) is 7.16. The Morgan fingerprint density at radius 3 is 2.94 bits per heavy atom. The zero-order chi connectivity index (χ0) is 22.8. The van der Waals surface area contributed by atoms with Crippen LogP contribution in [0, 0.1) is 5.92 Å². The Hall–Kier alpha value is -2.89. The maximum absolute atomic E-state index is 6.01. The quantitative estimate of drug-likeness (QED) is 0.450. The van der Waals surface area contributed by atoms with Gasteiger partial charge in [0.05, 0.1) is 5.52 Å². The molecule has 2 unspecified atom stereocenters. The van der Waals surface area contributed by atoms with Gasteiger partial charge in [0.15, 0.2) is 0 Å². The molecule has 2 atom stereocenters. The number of nitrogens with zero attached hydrogens (tertiary/aromatic N) is 4. The van der Waals surface area contributed by atoms with Crippen LogP contribution in [0.25, 0.3) is 21.9 Å². The molecule has 0 saturated heterocycles. The Bertz CT molecular complexity index is 1260. The molecule has 0 amide bonds. The van der Waals surface area contributed by atoms with Gasteiger partial charge in [-0.25, -0.2) is 9.97 Å². The van der Waals surface area contributed by atoms with Crippen LogP contribution in [0.1, 0.15) is 63.1 Å². The number of nitrogens with one attached hydrogen (secondary N) is 1. The van der Waals surface area contributed by atoms with Crippen LogP contribution in [0.5, 0.6) is 0 Å². The molecule has 2 radical (unpaired) electrons. The highest BCUT2D eigenvalue weighted by Gasteiger charge is 2.27. The lowest BCUT2D eigenvalue weighted by Crippen LogP contribution is -2.13. The van der Waals surface area contributed by atoms with Crippen molar-refractivity contribution in [2.75, 3.05) is 11.9 Å². The highest BCUT2D eigenvalue weighted by atomic mass is 15.1. The van der Waals surface area contributed by atoms with E-state index in [0.29, 0.717) is 11.6 Å². The summed E-state index contributed by atoms with van der Waals surface area (Å²) in [4.78, 5) is 13.5. The molecule has 168 valence electrons. The van der Waals surface area contributed by atoms with Gasteiger partial charge in [-0.15, -0.1) is 0 Å². The first-order chi connectivity index (χ1) is 16.2. The van der Waals surface area contributed by atoms with Gasteiger partial charge in [-0.2, -0.15) is 0 Å². The molecule has 33 heavy (non-hydrogen) atoms. The average molecular weight is 437 g/mol. The van der Waals surface area contributed by atoms with Crippen molar-refractivity contribution in [1.82, 2.24) is 19.5 Å². The molecule has 0 bridgehead atoms. The van der Waals surface area contributed by atoms with Crippen molar-refractivity contribution in [3.05, 3.63) is 54.0 Å². The number of anilines is 1. The van der Waals surface area contributed by atoms with Gasteiger partial charge in [-0.1, -0.05) is 26.0 Å². The highest BCUT2D eigenvalue weighted by molar-refractivity contribution is 6.36. The molecule has 1 N–H and O–H groups in total. The minimum Gasteiger partial charge on any atom is -0.370 e. The van der Waals surface area contributed by atoms with Crippen LogP contribution in [0.2, 0.25) is 0 Å². The van der Waals surface area contributed by atoms with Crippen LogP contribution in [0.15, 0.2) is 42.9 Å². The van der Waals surface area contributed by atoms with Crippen LogP contribution in [-0.4, -0.2) is 33.9 Å². The number of rotatable bonds is 4. The molecule has 1 saturated carbocycles. The molecule has 4 heterocycles. The lowest BCUT2D eigenvalue weighted by atomic mass is 9.96. The molecule has 4 aromatic rings. The number of aryl methyl sites for hydroxylation is 2. The van der Waals surface area contributed by atoms with E-state index in [9.17, 15) is 0 Å². The standard InChI is InChI=1S/C25H26BN5.C2H6/c26-23-21-9-11-31(25(21)29-15-28-23)20-8-6-16(12-20)3-4-17-5-7-18-14-19-2-1-10-27-24(19)30-22(18)13-17;1-2/h5,7,9,11,13-16,20H,1-4,6,8,10,12H2,(H,27,30);1-2H3. The second-order valence-electron chi connectivity index (χ2n) is 9.14. The molecule has 1 fully saturated rings. The SMILES string of the molecule is CC.[B]c1ncnc2c1ccn2C1CCC(CCc2ccc3cc4c(nc3c2)NCCC4)C1. The summed E-state index contributed by atoms with van der Waals surface area (Å²) in [5.74, 6) is 1.83. The average Bonchev–Trinajstić information content (AvgIpc) is 3.50. The fourth-order valence-electron chi connectivity index (χ4n) is 5.46. The molecule has 0 spiro atoms. The zero-order valence-corrected chi connectivity index (χ0v) is 19.7. The number of hydrogen-bond donors (Lipinski definition) is 1. The maximum Gasteiger partial charge on any atom is 0.142 e. The molecule has 1 aliphatic heterocycles. The van der Waals surface area contributed by atoms with E-state index < -0.39 is 0 Å². The van der Waals surface area contributed by atoms with Crippen LogP contribution in [-0.2, 0) is 12.8 Å². The van der Waals surface area contributed by atoms with E-state index in [1.165, 1.54) is 48.6 Å². The summed E-state index contributed by atoms with van der Waals surface area (Å²) in [6, 6.07) is 11.7. The minimum atomic E-state index is 0.507. The van der Waals surface area contributed by atoms with E-state index >= 15 is 0 Å². The van der Waals surface area contributed by atoms with Crippen molar-refractivity contribution >= 4 is 41.2 Å². The Labute approximate surface area is 197 Å². The summed E-state index contributed by atoms with van der Waals surface area (Å²) < 4.78 is 2.31. The van der Waals surface area contributed by atoms with Gasteiger partial charge in [0.1, 0.15) is 25.6 Å². The van der Waals surface area contributed by atoms with Crippen molar-refractivity contribution < 1.29 is 0 Å². The molecule has 3 aromatic heterocycles. The van der Waals surface area contributed by atoms with Crippen LogP contribution in [0.4, 0.5) is 5.82 Å². The number of aromatic nitrogens is 4. The normalized spacial score (nSPS) is 19.7. The number of pyridine rings is 1. The third kappa shape index (κ3) is 4.35. The van der Waals surface area contributed by atoms with E-state index in [4.69, 9.17) is 12.8 Å². The molecule has 6 rings (SSSR count). The topological polar surface area (TPSA) is 55.6 Å². The van der Waals surface area contributed by atoms with Crippen molar-refractivity contribution in [3.63, 3.8) is 0 Å². The fourth-order valence-corrected chi connectivity index (χ4v) is 5.46. The first-order valence-electron chi connectivity index (χ1n) is 12.5. The lowest BCUT2D eigenvalue weighted by Gasteiger charge is -2.18. The summed E-state index contributed by atoms with van der Waals surface area (Å²) in [5, 5.41) is 5.68. The summed E-state index contributed by atoms with van der Waals surface area (Å²) >= 11 is 0. The molecule has 6 heteroatoms. The predicted molar refractivity (Wildman–Crippen MR) is 138 cm³/mol. The Morgan fingerprint density at radius 1 is 1.12 bits per heavy atom. The van der Waals surface area contributed by atoms with Gasteiger partial charge in [0, 0.05) is 35.1 Å². The largest absolute Gasteiger partial charge is 0.370 e. The number of benzene rings is 1. The van der Waals surface area contributed by atoms with Gasteiger partial charge < -0.3 is 9.88 Å². The number of hydrogen-bond acceptors (Lipinski definition) is 4. The van der Waals surface area contributed by atoms with Crippen molar-refractivity contribution in [2.45, 2.75) is 64.8 Å². The highest BCUT2D eigenvalue weighted by Crippen LogP contribution is 2.38. The van der Waals surface area contributed by atoms with Crippen LogP contribution >= 0.6 is 0 Å². The minimum absolute atomic E-state index is 0.507. The molecular formula is C27H32BN5. The van der Waals surface area contributed by atoms with E-state index in [0.717, 1.165) is 47.7 Å². The lowest BCUT2D eigenvalue weighted by molar-refractivity contribution is 0.461. The van der Waals surface area contributed by atoms with Gasteiger partial charge >= 0.3 is 0 Å². The van der Waals surface area contributed by atoms with Crippen LogP contribution in [0.3, 0.4) is 0 Å². The smallest absolute Gasteiger partial charge is 0.142 e. The van der Waals surface area contributed by atoms with Crippen LogP contribution < -0.4 is 10.9 Å². The number of fused-ring (bicyclic) bond motifs is 3. The summed E-state index contributed by atoms with van der Waals surface area (Å²) in [5.41, 5.74) is 5.40. The first-order valence-corrected chi connectivity index (χ1v) is 12.5. The van der Waals surface area contributed by atoms with E-state index in [2.05, 4.69) is 50.3 Å². The Kier molecular flexibility index (Phi) is 6.34. The van der Waals surface area contributed by atoms with Crippen molar-refractivity contribution in [2.24, 2.45) is 5.92 Å². The summed E-state index contributed by atoms with van der Waals surface area (Å²) in [6.45, 7) is 5.03. The molecule has 1 aliphatic carbocycles. The third-order valence-corrected chi connectivity index (χ3v) is 7.16. The molecule has 5 nitrogen and oxygen atoms in total. The molecular weight excluding hydrogens is 405 g/mol. The van der Waals surface area contributed by atoms with E-state index in [-0.39, 0.29) is 0 Å². The van der Waals surface area contributed by atoms with Crippen molar-refractivity contribution in [3.8, 4) is 0 Å². The maximum atomic E-state index is 6.01. The Morgan fingerprint density at radius 2 is 2.03 bits per heavy atom. The monoisotopic (exact) mass is 437 g/mol. The van der Waals surface area contributed by atoms with Crippen molar-refractivity contribution in [1.29, 1.82) is 0 Å². The fraction of sp³-hybridized carbons (Fsp3) is 0.444. The van der Waals surface area contributed by atoms with E-state index in [1.807, 2.05) is 19.9 Å². The molecule has 2 aliphatic rings. The van der Waals surface area contributed by atoms with E-state index in [1.54, 1.807) is 6.33 Å². The van der Waals surface area contributed by atoms with Gasteiger partial charge in [0.2, 0.25) is 0 Å². The predicted octanol–water partition coefficient (Wildman–Crippen LogP) is 5.13. The Balaban J connectivity index is 0.00000111. The summed E-state index contributed by atoms with van der Waals surface area (Å²) in [7, 11) is 6.01. The molecule has 1 aromatic carbocycles. The van der Waals surface area contributed by atoms with Gasteiger partial charge in [-0.05, 0) is 80.2 Å².